The van der Waals surface area contributed by atoms with Crippen LogP contribution >= 0.6 is 0 Å². The summed E-state index contributed by atoms with van der Waals surface area (Å²) in [6.07, 6.45) is 5.06. The Morgan fingerprint density at radius 1 is 1.10 bits per heavy atom. The van der Waals surface area contributed by atoms with Crippen LogP contribution in [-0.2, 0) is 9.59 Å². The summed E-state index contributed by atoms with van der Waals surface area (Å²) in [6.45, 7) is 10.9. The molecule has 0 spiro atoms. The van der Waals surface area contributed by atoms with E-state index in [1.807, 2.05) is 31.2 Å². The molecule has 2 amide bonds. The molecular weight excluding hydrogens is 362 g/mol. The molecule has 1 aliphatic carbocycles. The molecule has 2 unspecified atom stereocenters. The van der Waals surface area contributed by atoms with Crippen LogP contribution < -0.4 is 10.6 Å². The standard InChI is InChI=1S/C24H37N3O2/c1-17-5-7-20(8-6-17)25-22(28)16-27-11-9-19(10-12-27)23(29)26-21-13-18(2)14-24(3,4)15-21/h5-8,18-19,21H,9-16H2,1-4H3,(H,25,28)(H,26,29). The fourth-order valence-corrected chi connectivity index (χ4v) is 5.17. The molecule has 2 fully saturated rings. The fraction of sp³-hybridized carbons (Fsp3) is 0.667. The SMILES string of the molecule is Cc1ccc(NC(=O)CN2CCC(C(=O)NC3CC(C)CC(C)(C)C3)CC2)cc1. The predicted octanol–water partition coefficient (Wildman–Crippen LogP) is 3.98. The van der Waals surface area contributed by atoms with Gasteiger partial charge in [-0.3, -0.25) is 14.5 Å². The fourth-order valence-electron chi connectivity index (χ4n) is 5.17. The number of benzene rings is 1. The van der Waals surface area contributed by atoms with Gasteiger partial charge in [-0.05, 0) is 75.6 Å². The topological polar surface area (TPSA) is 61.4 Å². The number of hydrogen-bond acceptors (Lipinski definition) is 3. The van der Waals surface area contributed by atoms with E-state index in [1.54, 1.807) is 0 Å². The molecule has 1 aromatic carbocycles. The van der Waals surface area contributed by atoms with Gasteiger partial charge in [-0.2, -0.15) is 0 Å². The van der Waals surface area contributed by atoms with Crippen LogP contribution in [0.2, 0.25) is 0 Å². The molecule has 160 valence electrons. The maximum absolute atomic E-state index is 12.8. The van der Waals surface area contributed by atoms with Gasteiger partial charge in [0.25, 0.3) is 0 Å². The van der Waals surface area contributed by atoms with E-state index in [0.717, 1.165) is 44.5 Å². The smallest absolute Gasteiger partial charge is 0.238 e. The highest BCUT2D eigenvalue weighted by Crippen LogP contribution is 2.38. The Kier molecular flexibility index (Phi) is 6.99. The van der Waals surface area contributed by atoms with Crippen molar-refractivity contribution < 1.29 is 9.59 Å². The lowest BCUT2D eigenvalue weighted by Gasteiger charge is -2.40. The minimum atomic E-state index is 0.00943. The van der Waals surface area contributed by atoms with Crippen molar-refractivity contribution in [2.45, 2.75) is 65.8 Å². The lowest BCUT2D eigenvalue weighted by molar-refractivity contribution is -0.127. The van der Waals surface area contributed by atoms with Gasteiger partial charge in [0.15, 0.2) is 0 Å². The normalized spacial score (nSPS) is 25.4. The number of likely N-dealkylation sites (tertiary alicyclic amines) is 1. The van der Waals surface area contributed by atoms with E-state index in [2.05, 4.69) is 36.3 Å². The number of hydrogen-bond donors (Lipinski definition) is 2. The highest BCUT2D eigenvalue weighted by Gasteiger charge is 2.34. The van der Waals surface area contributed by atoms with Gasteiger partial charge >= 0.3 is 0 Å². The van der Waals surface area contributed by atoms with Crippen LogP contribution in [0.15, 0.2) is 24.3 Å². The Bertz CT molecular complexity index is 705. The lowest BCUT2D eigenvalue weighted by Crippen LogP contribution is -2.48. The number of aryl methyl sites for hydroxylation is 1. The summed E-state index contributed by atoms with van der Waals surface area (Å²) >= 11 is 0. The van der Waals surface area contributed by atoms with E-state index in [0.29, 0.717) is 23.9 Å². The van der Waals surface area contributed by atoms with Crippen LogP contribution in [0.5, 0.6) is 0 Å². The van der Waals surface area contributed by atoms with Crippen molar-refractivity contribution in [3.05, 3.63) is 29.8 Å². The zero-order chi connectivity index (χ0) is 21.0. The summed E-state index contributed by atoms with van der Waals surface area (Å²) in [6, 6.07) is 8.15. The largest absolute Gasteiger partial charge is 0.353 e. The first-order valence-electron chi connectivity index (χ1n) is 11.1. The first-order chi connectivity index (χ1) is 13.7. The third-order valence-electron chi connectivity index (χ3n) is 6.39. The summed E-state index contributed by atoms with van der Waals surface area (Å²) in [5, 5.41) is 6.29. The molecule has 0 bridgehead atoms. The van der Waals surface area contributed by atoms with E-state index >= 15 is 0 Å². The van der Waals surface area contributed by atoms with Gasteiger partial charge in [0, 0.05) is 17.6 Å². The number of carbonyl (C=O) groups excluding carboxylic acids is 2. The molecule has 0 aromatic heterocycles. The minimum Gasteiger partial charge on any atom is -0.353 e. The Labute approximate surface area is 175 Å². The Morgan fingerprint density at radius 2 is 1.76 bits per heavy atom. The maximum Gasteiger partial charge on any atom is 0.238 e. The van der Waals surface area contributed by atoms with Crippen molar-refractivity contribution in [3.8, 4) is 0 Å². The summed E-state index contributed by atoms with van der Waals surface area (Å²) < 4.78 is 0. The molecule has 5 nitrogen and oxygen atoms in total. The van der Waals surface area contributed by atoms with E-state index in [9.17, 15) is 9.59 Å². The first kappa shape index (κ1) is 21.8. The van der Waals surface area contributed by atoms with Gasteiger partial charge in [-0.1, -0.05) is 38.5 Å². The monoisotopic (exact) mass is 399 g/mol. The predicted molar refractivity (Wildman–Crippen MR) is 118 cm³/mol. The molecule has 0 radical (unpaired) electrons. The third-order valence-corrected chi connectivity index (χ3v) is 6.39. The minimum absolute atomic E-state index is 0.00943. The molecule has 2 atom stereocenters. The molecule has 5 heteroatoms. The van der Waals surface area contributed by atoms with Gasteiger partial charge < -0.3 is 10.6 Å². The molecular formula is C24H37N3O2. The summed E-state index contributed by atoms with van der Waals surface area (Å²) in [5.74, 6) is 0.962. The number of anilines is 1. The number of nitrogens with zero attached hydrogens (tertiary/aromatic N) is 1. The molecule has 2 N–H and O–H groups in total. The molecule has 2 aliphatic rings. The number of nitrogens with one attached hydrogen (secondary N) is 2. The summed E-state index contributed by atoms with van der Waals surface area (Å²) in [4.78, 5) is 27.2. The second-order valence-corrected chi connectivity index (χ2v) is 10.1. The first-order valence-corrected chi connectivity index (χ1v) is 11.1. The zero-order valence-corrected chi connectivity index (χ0v) is 18.5. The van der Waals surface area contributed by atoms with Crippen molar-refractivity contribution >= 4 is 17.5 Å². The lowest BCUT2D eigenvalue weighted by atomic mass is 9.70. The summed E-state index contributed by atoms with van der Waals surface area (Å²) in [7, 11) is 0. The molecule has 1 saturated heterocycles. The van der Waals surface area contributed by atoms with Crippen molar-refractivity contribution in [2.75, 3.05) is 25.0 Å². The van der Waals surface area contributed by atoms with Crippen molar-refractivity contribution in [1.29, 1.82) is 0 Å². The van der Waals surface area contributed by atoms with Gasteiger partial charge in [0.05, 0.1) is 6.54 Å². The van der Waals surface area contributed by atoms with Crippen LogP contribution in [0.3, 0.4) is 0 Å². The Balaban J connectivity index is 1.41. The summed E-state index contributed by atoms with van der Waals surface area (Å²) in [5.41, 5.74) is 2.32. The number of amides is 2. The Hall–Kier alpha value is -1.88. The van der Waals surface area contributed by atoms with Gasteiger partial charge in [-0.15, -0.1) is 0 Å². The molecule has 1 heterocycles. The van der Waals surface area contributed by atoms with Crippen molar-refractivity contribution in [3.63, 3.8) is 0 Å². The van der Waals surface area contributed by atoms with Crippen LogP contribution in [0.25, 0.3) is 0 Å². The molecule has 29 heavy (non-hydrogen) atoms. The van der Waals surface area contributed by atoms with E-state index in [4.69, 9.17) is 0 Å². The Morgan fingerprint density at radius 3 is 2.38 bits per heavy atom. The number of piperidine rings is 1. The van der Waals surface area contributed by atoms with Crippen molar-refractivity contribution in [1.82, 2.24) is 10.2 Å². The average molecular weight is 400 g/mol. The number of carbonyl (C=O) groups is 2. The highest BCUT2D eigenvalue weighted by molar-refractivity contribution is 5.92. The van der Waals surface area contributed by atoms with E-state index < -0.39 is 0 Å². The molecule has 1 aromatic rings. The second-order valence-electron chi connectivity index (χ2n) is 10.1. The van der Waals surface area contributed by atoms with Crippen molar-refractivity contribution in [2.24, 2.45) is 17.3 Å². The van der Waals surface area contributed by atoms with Gasteiger partial charge in [-0.25, -0.2) is 0 Å². The molecule has 1 saturated carbocycles. The second kappa shape index (κ2) is 9.29. The molecule has 3 rings (SSSR count). The quantitative estimate of drug-likeness (QED) is 0.787. The van der Waals surface area contributed by atoms with Gasteiger partial charge in [0.2, 0.25) is 11.8 Å². The maximum atomic E-state index is 12.8. The highest BCUT2D eigenvalue weighted by atomic mass is 16.2. The van der Waals surface area contributed by atoms with Crippen LogP contribution in [-0.4, -0.2) is 42.4 Å². The molecule has 1 aliphatic heterocycles. The van der Waals surface area contributed by atoms with Crippen LogP contribution in [0, 0.1) is 24.2 Å². The average Bonchev–Trinajstić information content (AvgIpc) is 2.62. The van der Waals surface area contributed by atoms with E-state index in [1.165, 1.54) is 12.0 Å². The van der Waals surface area contributed by atoms with Crippen LogP contribution in [0.4, 0.5) is 5.69 Å². The van der Waals surface area contributed by atoms with Crippen LogP contribution in [0.1, 0.15) is 58.4 Å². The third kappa shape index (κ3) is 6.56. The number of rotatable bonds is 5. The van der Waals surface area contributed by atoms with E-state index in [-0.39, 0.29) is 17.7 Å². The zero-order valence-electron chi connectivity index (χ0n) is 18.5. The van der Waals surface area contributed by atoms with Gasteiger partial charge in [0.1, 0.15) is 0 Å².